The smallest absolute Gasteiger partial charge is 0.261 e. The van der Waals surface area contributed by atoms with Gasteiger partial charge in [0.05, 0.1) is 14.4 Å². The first-order chi connectivity index (χ1) is 10.1. The summed E-state index contributed by atoms with van der Waals surface area (Å²) in [6.45, 7) is 2.73. The Balaban J connectivity index is 1.80. The van der Waals surface area contributed by atoms with Crippen molar-refractivity contribution in [2.45, 2.75) is 35.9 Å². The predicted octanol–water partition coefficient (Wildman–Crippen LogP) is 4.36. The lowest BCUT2D eigenvalue weighted by atomic mass is 10.1. The molecule has 5 heteroatoms. The SMILES string of the molecule is CCCCSC(I)CCCN1C(=O)c2ccccc2C1=O. The Hall–Kier alpha value is -0.560. The Kier molecular flexibility index (Phi) is 6.54. The lowest BCUT2D eigenvalue weighted by Gasteiger charge is -2.15. The maximum Gasteiger partial charge on any atom is 0.261 e. The van der Waals surface area contributed by atoms with Crippen molar-refractivity contribution >= 4 is 46.2 Å². The summed E-state index contributed by atoms with van der Waals surface area (Å²) in [5.41, 5.74) is 1.09. The second-order valence-electron chi connectivity index (χ2n) is 5.08. The molecule has 1 atom stereocenters. The summed E-state index contributed by atoms with van der Waals surface area (Å²) in [4.78, 5) is 25.8. The van der Waals surface area contributed by atoms with Crippen molar-refractivity contribution < 1.29 is 9.59 Å². The van der Waals surface area contributed by atoms with Gasteiger partial charge < -0.3 is 0 Å². The third-order valence-corrected chi connectivity index (χ3v) is 6.31. The number of rotatable bonds is 8. The van der Waals surface area contributed by atoms with E-state index in [1.165, 1.54) is 23.5 Å². The van der Waals surface area contributed by atoms with Gasteiger partial charge in [0.2, 0.25) is 0 Å². The molecular formula is C16H20INO2S. The number of benzene rings is 1. The molecule has 1 aromatic carbocycles. The van der Waals surface area contributed by atoms with E-state index in [2.05, 4.69) is 29.5 Å². The molecule has 1 unspecified atom stereocenters. The molecule has 2 amide bonds. The monoisotopic (exact) mass is 417 g/mol. The van der Waals surface area contributed by atoms with Crippen LogP contribution in [0, 0.1) is 0 Å². The van der Waals surface area contributed by atoms with Crippen LogP contribution in [-0.2, 0) is 0 Å². The Labute approximate surface area is 144 Å². The van der Waals surface area contributed by atoms with Crippen LogP contribution in [0.5, 0.6) is 0 Å². The van der Waals surface area contributed by atoms with E-state index in [1.807, 2.05) is 11.8 Å². The van der Waals surface area contributed by atoms with Crippen molar-refractivity contribution in [3.8, 4) is 0 Å². The van der Waals surface area contributed by atoms with E-state index in [9.17, 15) is 9.59 Å². The number of carbonyl (C=O) groups is 2. The van der Waals surface area contributed by atoms with E-state index >= 15 is 0 Å². The van der Waals surface area contributed by atoms with Crippen LogP contribution in [0.15, 0.2) is 24.3 Å². The molecule has 0 aromatic heterocycles. The Morgan fingerprint density at radius 3 is 2.33 bits per heavy atom. The number of halogens is 1. The lowest BCUT2D eigenvalue weighted by Crippen LogP contribution is -2.30. The first-order valence-corrected chi connectivity index (χ1v) is 9.65. The molecule has 1 aromatic rings. The second kappa shape index (κ2) is 8.17. The molecule has 3 nitrogen and oxygen atoms in total. The van der Waals surface area contributed by atoms with Crippen molar-refractivity contribution in [1.82, 2.24) is 4.90 Å². The highest BCUT2D eigenvalue weighted by Crippen LogP contribution is 2.26. The number of carbonyl (C=O) groups excluding carboxylic acids is 2. The summed E-state index contributed by atoms with van der Waals surface area (Å²) in [5, 5.41) is 0. The molecule has 21 heavy (non-hydrogen) atoms. The van der Waals surface area contributed by atoms with Crippen LogP contribution in [0.3, 0.4) is 0 Å². The second-order valence-corrected chi connectivity index (χ2v) is 8.74. The van der Waals surface area contributed by atoms with Crippen LogP contribution in [0.1, 0.15) is 53.3 Å². The minimum atomic E-state index is -0.140. The topological polar surface area (TPSA) is 37.4 Å². The fourth-order valence-corrected chi connectivity index (χ4v) is 4.54. The average molecular weight is 417 g/mol. The molecule has 2 rings (SSSR count). The molecule has 114 valence electrons. The normalized spacial score (nSPS) is 15.4. The lowest BCUT2D eigenvalue weighted by molar-refractivity contribution is 0.0652. The summed E-state index contributed by atoms with van der Waals surface area (Å²) in [6.07, 6.45) is 4.38. The zero-order chi connectivity index (χ0) is 15.2. The first-order valence-electron chi connectivity index (χ1n) is 7.36. The standard InChI is InChI=1S/C16H20INO2S/c1-2-3-11-21-14(17)9-6-10-18-15(19)12-7-4-5-8-13(12)16(18)20/h4-5,7-8,14H,2-3,6,9-11H2,1H3. The van der Waals surface area contributed by atoms with Crippen molar-refractivity contribution in [2.75, 3.05) is 12.3 Å². The Bertz CT molecular complexity index is 486. The van der Waals surface area contributed by atoms with Gasteiger partial charge >= 0.3 is 0 Å². The van der Waals surface area contributed by atoms with Gasteiger partial charge in [-0.05, 0) is 37.1 Å². The summed E-state index contributed by atoms with van der Waals surface area (Å²) in [5.74, 6) is 0.912. The van der Waals surface area contributed by atoms with Crippen LogP contribution in [-0.4, -0.2) is 32.3 Å². The van der Waals surface area contributed by atoms with Gasteiger partial charge in [0, 0.05) is 6.54 Å². The number of hydrogen-bond acceptors (Lipinski definition) is 3. The molecular weight excluding hydrogens is 397 g/mol. The minimum absolute atomic E-state index is 0.140. The molecule has 1 heterocycles. The van der Waals surface area contributed by atoms with Gasteiger partial charge in [-0.3, -0.25) is 14.5 Å². The zero-order valence-corrected chi connectivity index (χ0v) is 15.2. The maximum atomic E-state index is 12.2. The van der Waals surface area contributed by atoms with E-state index in [0.717, 1.165) is 12.8 Å². The first kappa shape index (κ1) is 16.8. The van der Waals surface area contributed by atoms with Crippen LogP contribution in [0.4, 0.5) is 0 Å². The Morgan fingerprint density at radius 1 is 1.14 bits per heavy atom. The number of amides is 2. The third-order valence-electron chi connectivity index (χ3n) is 3.49. The quantitative estimate of drug-likeness (QED) is 0.273. The fraction of sp³-hybridized carbons (Fsp3) is 0.500. The number of thioether (sulfide) groups is 1. The van der Waals surface area contributed by atoms with Gasteiger partial charge in [-0.2, -0.15) is 0 Å². The molecule has 0 spiro atoms. The molecule has 1 aliphatic heterocycles. The molecule has 0 fully saturated rings. The van der Waals surface area contributed by atoms with Crippen molar-refractivity contribution in [3.63, 3.8) is 0 Å². The van der Waals surface area contributed by atoms with Crippen LogP contribution in [0.25, 0.3) is 0 Å². The van der Waals surface area contributed by atoms with E-state index in [4.69, 9.17) is 0 Å². The maximum absolute atomic E-state index is 12.2. The van der Waals surface area contributed by atoms with Gasteiger partial charge in [-0.15, -0.1) is 11.8 Å². The van der Waals surface area contributed by atoms with Gasteiger partial charge in [0.15, 0.2) is 0 Å². The van der Waals surface area contributed by atoms with Crippen molar-refractivity contribution in [2.24, 2.45) is 0 Å². The average Bonchev–Trinajstić information content (AvgIpc) is 2.73. The summed E-state index contributed by atoms with van der Waals surface area (Å²) >= 11 is 4.42. The molecule has 0 saturated carbocycles. The van der Waals surface area contributed by atoms with Gasteiger partial charge in [-0.1, -0.05) is 48.1 Å². The third kappa shape index (κ3) is 4.22. The summed E-state index contributed by atoms with van der Waals surface area (Å²) in [7, 11) is 0. The van der Waals surface area contributed by atoms with Crippen LogP contribution < -0.4 is 0 Å². The number of alkyl halides is 1. The summed E-state index contributed by atoms with van der Waals surface area (Å²) < 4.78 is 0.560. The van der Waals surface area contributed by atoms with E-state index < -0.39 is 0 Å². The molecule has 0 aliphatic carbocycles. The Morgan fingerprint density at radius 2 is 1.76 bits per heavy atom. The van der Waals surface area contributed by atoms with Crippen molar-refractivity contribution in [3.05, 3.63) is 35.4 Å². The van der Waals surface area contributed by atoms with Crippen LogP contribution >= 0.6 is 34.4 Å². The van der Waals surface area contributed by atoms with Gasteiger partial charge in [0.1, 0.15) is 0 Å². The van der Waals surface area contributed by atoms with E-state index in [-0.39, 0.29) is 11.8 Å². The summed E-state index contributed by atoms with van der Waals surface area (Å²) in [6, 6.07) is 7.08. The van der Waals surface area contributed by atoms with Crippen molar-refractivity contribution in [1.29, 1.82) is 0 Å². The number of imide groups is 1. The van der Waals surface area contributed by atoms with E-state index in [1.54, 1.807) is 24.3 Å². The number of hydrogen-bond donors (Lipinski definition) is 0. The fourth-order valence-electron chi connectivity index (χ4n) is 2.29. The van der Waals surface area contributed by atoms with E-state index in [0.29, 0.717) is 20.9 Å². The molecule has 0 saturated heterocycles. The van der Waals surface area contributed by atoms with Gasteiger partial charge in [-0.25, -0.2) is 0 Å². The molecule has 0 radical (unpaired) electrons. The number of unbranched alkanes of at least 4 members (excludes halogenated alkanes) is 1. The van der Waals surface area contributed by atoms with Crippen LogP contribution in [0.2, 0.25) is 0 Å². The molecule has 0 N–H and O–H groups in total. The molecule has 1 aliphatic rings. The molecule has 0 bridgehead atoms. The highest BCUT2D eigenvalue weighted by Gasteiger charge is 2.34. The number of nitrogens with zero attached hydrogens (tertiary/aromatic N) is 1. The highest BCUT2D eigenvalue weighted by molar-refractivity contribution is 14.1. The number of fused-ring (bicyclic) bond motifs is 1. The largest absolute Gasteiger partial charge is 0.274 e. The highest BCUT2D eigenvalue weighted by atomic mass is 127. The predicted molar refractivity (Wildman–Crippen MR) is 96.2 cm³/mol. The van der Waals surface area contributed by atoms with Gasteiger partial charge in [0.25, 0.3) is 11.8 Å². The zero-order valence-electron chi connectivity index (χ0n) is 12.2. The minimum Gasteiger partial charge on any atom is -0.274 e.